The van der Waals surface area contributed by atoms with E-state index in [0.717, 1.165) is 45.5 Å². The first-order chi connectivity index (χ1) is 18.8. The summed E-state index contributed by atoms with van der Waals surface area (Å²) in [7, 11) is 0. The molecule has 5 aromatic rings. The van der Waals surface area contributed by atoms with Gasteiger partial charge in [0.2, 0.25) is 5.69 Å². The van der Waals surface area contributed by atoms with Gasteiger partial charge in [0.25, 0.3) is 0 Å². The molecule has 38 heavy (non-hydrogen) atoms. The van der Waals surface area contributed by atoms with Crippen molar-refractivity contribution in [2.75, 3.05) is 0 Å². The minimum Gasteiger partial charge on any atom is -0.457 e. The molecule has 4 nitrogen and oxygen atoms in total. The number of nitrogens with zero attached hydrogens (tertiary/aromatic N) is 1. The molecule has 0 spiro atoms. The van der Waals surface area contributed by atoms with E-state index in [0.29, 0.717) is 0 Å². The van der Waals surface area contributed by atoms with Gasteiger partial charge >= 0.3 is 0 Å². The zero-order chi connectivity index (χ0) is 26.0. The molecule has 0 saturated heterocycles. The quantitative estimate of drug-likeness (QED) is 0.131. The Morgan fingerprint density at radius 1 is 0.605 bits per heavy atom. The molecular weight excluding hydrogens is 468 g/mol. The molecule has 1 aromatic heterocycles. The van der Waals surface area contributed by atoms with Crippen LogP contribution >= 0.6 is 0 Å². The van der Waals surface area contributed by atoms with E-state index >= 15 is 0 Å². The molecule has 0 radical (unpaired) electrons. The maximum atomic E-state index is 5.90. The third-order valence-electron chi connectivity index (χ3n) is 6.01. The molecule has 0 amide bonds. The van der Waals surface area contributed by atoms with Crippen LogP contribution in [0.1, 0.15) is 12.5 Å². The van der Waals surface area contributed by atoms with Crippen LogP contribution < -0.4 is 19.4 Å². The lowest BCUT2D eigenvalue weighted by molar-refractivity contribution is -0.595. The number of quaternary nitrogens is 1. The molecule has 0 saturated carbocycles. The molecule has 0 fully saturated rings. The number of allylic oxidation sites excluding steroid dienone is 3. The predicted molar refractivity (Wildman–Crippen MR) is 152 cm³/mol. The molecule has 0 bridgehead atoms. The molecule has 0 aliphatic heterocycles. The highest BCUT2D eigenvalue weighted by Gasteiger charge is 2.08. The van der Waals surface area contributed by atoms with Crippen LogP contribution in [0.25, 0.3) is 11.3 Å². The van der Waals surface area contributed by atoms with Crippen LogP contribution in [-0.2, 0) is 0 Å². The summed E-state index contributed by atoms with van der Waals surface area (Å²) in [6.45, 7) is 2.06. The van der Waals surface area contributed by atoms with Gasteiger partial charge in [-0.05, 0) is 72.7 Å². The molecule has 0 unspecified atom stereocenters. The summed E-state index contributed by atoms with van der Waals surface area (Å²) in [6.07, 6.45) is 10.5. The van der Waals surface area contributed by atoms with Crippen molar-refractivity contribution in [3.8, 4) is 28.7 Å². The average Bonchev–Trinajstić information content (AvgIpc) is 2.98. The number of hydrogen-bond donors (Lipinski definition) is 1. The summed E-state index contributed by atoms with van der Waals surface area (Å²) < 4.78 is 13.9. The second-order valence-electron chi connectivity index (χ2n) is 8.66. The first-order valence-corrected chi connectivity index (χ1v) is 12.6. The number of aromatic nitrogens is 1. The molecule has 5 rings (SSSR count). The minimum absolute atomic E-state index is 0.813. The van der Waals surface area contributed by atoms with Gasteiger partial charge in [-0.15, -0.1) is 0 Å². The van der Waals surface area contributed by atoms with Gasteiger partial charge in [-0.25, -0.2) is 0 Å². The van der Waals surface area contributed by atoms with E-state index < -0.39 is 0 Å². The Bertz CT molecular complexity index is 1490. The first-order valence-electron chi connectivity index (χ1n) is 12.6. The summed E-state index contributed by atoms with van der Waals surface area (Å²) in [5.74, 6) is 3.30. The van der Waals surface area contributed by atoms with E-state index in [9.17, 15) is 0 Å². The Labute approximate surface area is 223 Å². The molecule has 4 aromatic carbocycles. The van der Waals surface area contributed by atoms with Crippen LogP contribution in [0.5, 0.6) is 23.0 Å². The Morgan fingerprint density at radius 2 is 1.11 bits per heavy atom. The van der Waals surface area contributed by atoms with Crippen LogP contribution in [0.3, 0.4) is 0 Å². The summed E-state index contributed by atoms with van der Waals surface area (Å²) in [4.78, 5) is 0. The van der Waals surface area contributed by atoms with Crippen LogP contribution in [0.2, 0.25) is 0 Å². The predicted octanol–water partition coefficient (Wildman–Crippen LogP) is 7.36. The summed E-state index contributed by atoms with van der Waals surface area (Å²) in [5.41, 5.74) is 4.50. The number of hydrogen-bond acceptors (Lipinski definition) is 2. The number of pyridine rings is 1. The van der Waals surface area contributed by atoms with Gasteiger partial charge in [0.05, 0.1) is 6.20 Å². The number of nitrogens with two attached hydrogens (primary N) is 1. The van der Waals surface area contributed by atoms with Gasteiger partial charge in [-0.2, -0.15) is 4.57 Å². The average molecular weight is 499 g/mol. The molecule has 0 aliphatic carbocycles. The lowest BCUT2D eigenvalue weighted by atomic mass is 10.1. The van der Waals surface area contributed by atoms with Gasteiger partial charge < -0.3 is 9.47 Å². The van der Waals surface area contributed by atoms with Crippen molar-refractivity contribution in [2.24, 2.45) is 0 Å². The van der Waals surface area contributed by atoms with E-state index in [-0.39, 0.29) is 0 Å². The van der Waals surface area contributed by atoms with Gasteiger partial charge in [0.15, 0.2) is 12.4 Å². The van der Waals surface area contributed by atoms with Crippen molar-refractivity contribution in [3.63, 3.8) is 0 Å². The highest BCUT2D eigenvalue weighted by molar-refractivity contribution is 5.72. The summed E-state index contributed by atoms with van der Waals surface area (Å²) >= 11 is 0. The minimum atomic E-state index is 0.813. The lowest BCUT2D eigenvalue weighted by Gasteiger charge is -2.05. The SMILES string of the molecule is C/C=C(\C=C/[NH2+]c1ccc(Oc2ccccc2)cc1)c1cc[n+](-c2ccc(Oc3ccccc3)cc2)cc1. The van der Waals surface area contributed by atoms with Crippen LogP contribution in [0.4, 0.5) is 5.69 Å². The Morgan fingerprint density at radius 3 is 1.63 bits per heavy atom. The largest absolute Gasteiger partial charge is 0.457 e. The van der Waals surface area contributed by atoms with Crippen molar-refractivity contribution in [1.82, 2.24) is 0 Å². The number of para-hydroxylation sites is 2. The van der Waals surface area contributed by atoms with Crippen molar-refractivity contribution in [3.05, 3.63) is 158 Å². The Hall–Kier alpha value is -4.93. The van der Waals surface area contributed by atoms with Gasteiger partial charge in [0.1, 0.15) is 28.7 Å². The summed E-state index contributed by atoms with van der Waals surface area (Å²) in [6, 6.07) is 40.0. The van der Waals surface area contributed by atoms with Gasteiger partial charge in [0, 0.05) is 36.4 Å². The zero-order valence-electron chi connectivity index (χ0n) is 21.3. The van der Waals surface area contributed by atoms with Crippen LogP contribution in [0, 0.1) is 0 Å². The monoisotopic (exact) mass is 498 g/mol. The topological polar surface area (TPSA) is 39.0 Å². The molecule has 4 heteroatoms. The summed E-state index contributed by atoms with van der Waals surface area (Å²) in [5, 5.41) is 2.10. The number of rotatable bonds is 9. The Kier molecular flexibility index (Phi) is 8.04. The second-order valence-corrected chi connectivity index (χ2v) is 8.66. The van der Waals surface area contributed by atoms with Crippen LogP contribution in [0.15, 0.2) is 152 Å². The van der Waals surface area contributed by atoms with E-state index in [1.807, 2.05) is 84.9 Å². The normalized spacial score (nSPS) is 11.4. The van der Waals surface area contributed by atoms with E-state index in [1.54, 1.807) is 0 Å². The molecule has 1 heterocycles. The molecule has 0 aliphatic rings. The standard InChI is InChI=1S/C34H29N2O2/c1-2-27(21-24-35-29-13-17-33(18-14-29)37-31-9-5-3-6-10-31)28-22-25-36(26-23-28)30-15-19-34(20-16-30)38-32-11-7-4-8-12-32/h2-26,35H,1H3/q+1/p+1/b24-21-,27-2+. The van der Waals surface area contributed by atoms with Crippen molar-refractivity contribution in [1.29, 1.82) is 0 Å². The lowest BCUT2D eigenvalue weighted by Crippen LogP contribution is -2.70. The fourth-order valence-electron chi connectivity index (χ4n) is 4.00. The molecule has 186 valence electrons. The van der Waals surface area contributed by atoms with Gasteiger partial charge in [-0.1, -0.05) is 42.5 Å². The molecule has 2 N–H and O–H groups in total. The van der Waals surface area contributed by atoms with E-state index in [4.69, 9.17) is 9.47 Å². The number of benzene rings is 4. The Balaban J connectivity index is 1.18. The second kappa shape index (κ2) is 12.3. The fourth-order valence-corrected chi connectivity index (χ4v) is 4.00. The maximum absolute atomic E-state index is 5.90. The third kappa shape index (κ3) is 6.64. The number of ether oxygens (including phenoxy) is 2. The van der Waals surface area contributed by atoms with Crippen molar-refractivity contribution in [2.45, 2.75) is 6.92 Å². The fraction of sp³-hybridized carbons (Fsp3) is 0.0294. The highest BCUT2D eigenvalue weighted by atomic mass is 16.5. The zero-order valence-corrected chi connectivity index (χ0v) is 21.3. The van der Waals surface area contributed by atoms with E-state index in [1.165, 1.54) is 0 Å². The van der Waals surface area contributed by atoms with Crippen LogP contribution in [-0.4, -0.2) is 0 Å². The molecule has 0 atom stereocenters. The van der Waals surface area contributed by atoms with E-state index in [2.05, 4.69) is 84.0 Å². The molecular formula is C34H30N2O2+2. The van der Waals surface area contributed by atoms with Crippen molar-refractivity contribution < 1.29 is 19.4 Å². The first kappa shape index (κ1) is 24.8. The highest BCUT2D eigenvalue weighted by Crippen LogP contribution is 2.22. The van der Waals surface area contributed by atoms with Gasteiger partial charge in [-0.3, -0.25) is 5.32 Å². The maximum Gasteiger partial charge on any atom is 0.210 e. The third-order valence-corrected chi connectivity index (χ3v) is 6.01. The van der Waals surface area contributed by atoms with Crippen molar-refractivity contribution >= 4 is 11.3 Å². The smallest absolute Gasteiger partial charge is 0.210 e.